The SMILES string of the molecule is CC(C)n1cc(/C=N\NCc2ccc(Cl)cc2)c2ccccc21. The fourth-order valence-corrected chi connectivity index (χ4v) is 2.74. The second kappa shape index (κ2) is 6.88. The Hall–Kier alpha value is -2.26. The molecule has 0 saturated carbocycles. The molecule has 1 heterocycles. The molecule has 0 amide bonds. The molecule has 0 atom stereocenters. The van der Waals surface area contributed by atoms with E-state index in [9.17, 15) is 0 Å². The third-order valence-electron chi connectivity index (χ3n) is 3.82. The zero-order chi connectivity index (χ0) is 16.2. The predicted molar refractivity (Wildman–Crippen MR) is 98.2 cm³/mol. The van der Waals surface area contributed by atoms with Gasteiger partial charge in [0, 0.05) is 33.7 Å². The van der Waals surface area contributed by atoms with Crippen LogP contribution in [0.1, 0.15) is 31.0 Å². The minimum atomic E-state index is 0.420. The number of nitrogens with zero attached hydrogens (tertiary/aromatic N) is 2. The van der Waals surface area contributed by atoms with E-state index in [1.165, 1.54) is 10.9 Å². The van der Waals surface area contributed by atoms with Gasteiger partial charge in [-0.2, -0.15) is 5.10 Å². The maximum Gasteiger partial charge on any atom is 0.0580 e. The number of nitrogens with one attached hydrogen (secondary N) is 1. The van der Waals surface area contributed by atoms with Gasteiger partial charge in [0.1, 0.15) is 0 Å². The van der Waals surface area contributed by atoms with Gasteiger partial charge >= 0.3 is 0 Å². The highest BCUT2D eigenvalue weighted by atomic mass is 35.5. The van der Waals surface area contributed by atoms with Crippen LogP contribution in [0, 0.1) is 0 Å². The van der Waals surface area contributed by atoms with Crippen LogP contribution >= 0.6 is 11.6 Å². The Balaban J connectivity index is 1.74. The summed E-state index contributed by atoms with van der Waals surface area (Å²) in [4.78, 5) is 0. The van der Waals surface area contributed by atoms with Crippen LogP contribution in [0.4, 0.5) is 0 Å². The Morgan fingerprint density at radius 3 is 2.61 bits per heavy atom. The van der Waals surface area contributed by atoms with E-state index in [-0.39, 0.29) is 0 Å². The lowest BCUT2D eigenvalue weighted by molar-refractivity contribution is 0.622. The number of halogens is 1. The number of hydrogen-bond donors (Lipinski definition) is 1. The Morgan fingerprint density at radius 1 is 1.13 bits per heavy atom. The highest BCUT2D eigenvalue weighted by Gasteiger charge is 2.08. The van der Waals surface area contributed by atoms with Gasteiger partial charge in [0.05, 0.1) is 12.8 Å². The van der Waals surface area contributed by atoms with Gasteiger partial charge in [-0.3, -0.25) is 0 Å². The summed E-state index contributed by atoms with van der Waals surface area (Å²) in [6.45, 7) is 5.05. The molecule has 1 aromatic heterocycles. The van der Waals surface area contributed by atoms with E-state index in [0.29, 0.717) is 12.6 Å². The van der Waals surface area contributed by atoms with Crippen LogP contribution in [0.2, 0.25) is 5.02 Å². The van der Waals surface area contributed by atoms with Gasteiger partial charge in [0.2, 0.25) is 0 Å². The third kappa shape index (κ3) is 3.57. The van der Waals surface area contributed by atoms with Crippen molar-refractivity contribution in [3.05, 3.63) is 70.9 Å². The minimum absolute atomic E-state index is 0.420. The zero-order valence-corrected chi connectivity index (χ0v) is 14.1. The average molecular weight is 326 g/mol. The fourth-order valence-electron chi connectivity index (χ4n) is 2.62. The van der Waals surface area contributed by atoms with Crippen LogP contribution in [0.3, 0.4) is 0 Å². The Bertz CT molecular complexity index is 816. The van der Waals surface area contributed by atoms with Gasteiger partial charge in [-0.1, -0.05) is 41.9 Å². The maximum atomic E-state index is 5.88. The molecule has 0 aliphatic heterocycles. The summed E-state index contributed by atoms with van der Waals surface area (Å²) in [5.41, 5.74) is 6.60. The van der Waals surface area contributed by atoms with Gasteiger partial charge in [-0.05, 0) is 37.6 Å². The highest BCUT2D eigenvalue weighted by Crippen LogP contribution is 2.23. The number of hydrazone groups is 1. The van der Waals surface area contributed by atoms with E-state index in [2.05, 4.69) is 59.4 Å². The van der Waals surface area contributed by atoms with Gasteiger partial charge in [-0.15, -0.1) is 0 Å². The van der Waals surface area contributed by atoms with E-state index in [4.69, 9.17) is 11.6 Å². The second-order valence-corrected chi connectivity index (χ2v) is 6.26. The standard InChI is InChI=1S/C19H20ClN3/c1-14(2)23-13-16(18-5-3-4-6-19(18)23)12-22-21-11-15-7-9-17(20)10-8-15/h3-10,12-14,21H,11H2,1-2H3/b22-12-. The minimum Gasteiger partial charge on any atom is -0.344 e. The van der Waals surface area contributed by atoms with Crippen LogP contribution in [0.25, 0.3) is 10.9 Å². The molecular weight excluding hydrogens is 306 g/mol. The van der Waals surface area contributed by atoms with Gasteiger partial charge < -0.3 is 9.99 Å². The van der Waals surface area contributed by atoms with E-state index < -0.39 is 0 Å². The van der Waals surface area contributed by atoms with E-state index in [1.54, 1.807) is 0 Å². The quantitative estimate of drug-likeness (QED) is 0.519. The summed E-state index contributed by atoms with van der Waals surface area (Å²) >= 11 is 5.88. The number of aromatic nitrogens is 1. The summed E-state index contributed by atoms with van der Waals surface area (Å²) < 4.78 is 2.27. The molecule has 0 aliphatic rings. The van der Waals surface area contributed by atoms with Crippen molar-refractivity contribution >= 4 is 28.7 Å². The summed E-state index contributed by atoms with van der Waals surface area (Å²) in [5.74, 6) is 0. The molecule has 2 aromatic carbocycles. The largest absolute Gasteiger partial charge is 0.344 e. The molecule has 0 fully saturated rings. The monoisotopic (exact) mass is 325 g/mol. The van der Waals surface area contributed by atoms with Crippen molar-refractivity contribution in [2.24, 2.45) is 5.10 Å². The van der Waals surface area contributed by atoms with Crippen LogP contribution in [0.5, 0.6) is 0 Å². The van der Waals surface area contributed by atoms with Crippen LogP contribution < -0.4 is 5.43 Å². The summed E-state index contributed by atoms with van der Waals surface area (Å²) in [7, 11) is 0. The van der Waals surface area contributed by atoms with E-state index in [1.807, 2.05) is 30.5 Å². The van der Waals surface area contributed by atoms with Crippen LogP contribution in [-0.2, 0) is 6.54 Å². The molecule has 0 bridgehead atoms. The normalized spacial score (nSPS) is 11.7. The molecule has 0 aliphatic carbocycles. The molecule has 3 aromatic rings. The number of rotatable bonds is 5. The van der Waals surface area contributed by atoms with Crippen molar-refractivity contribution in [3.8, 4) is 0 Å². The summed E-state index contributed by atoms with van der Waals surface area (Å²) in [6, 6.07) is 16.6. The van der Waals surface area contributed by atoms with Crippen molar-refractivity contribution in [1.29, 1.82) is 0 Å². The molecule has 0 unspecified atom stereocenters. The summed E-state index contributed by atoms with van der Waals surface area (Å²) in [5, 5.41) is 6.33. The van der Waals surface area contributed by atoms with Crippen molar-refractivity contribution < 1.29 is 0 Å². The first-order valence-electron chi connectivity index (χ1n) is 7.75. The van der Waals surface area contributed by atoms with Crippen molar-refractivity contribution in [3.63, 3.8) is 0 Å². The predicted octanol–water partition coefficient (Wildman–Crippen LogP) is 5.00. The van der Waals surface area contributed by atoms with E-state index in [0.717, 1.165) is 16.1 Å². The first-order valence-corrected chi connectivity index (χ1v) is 8.13. The Labute approximate surface area is 141 Å². The van der Waals surface area contributed by atoms with Gasteiger partial charge in [0.25, 0.3) is 0 Å². The topological polar surface area (TPSA) is 29.3 Å². The number of para-hydroxylation sites is 1. The molecule has 3 nitrogen and oxygen atoms in total. The lowest BCUT2D eigenvalue weighted by Crippen LogP contribution is -2.05. The maximum absolute atomic E-state index is 5.88. The smallest absolute Gasteiger partial charge is 0.0580 e. The van der Waals surface area contributed by atoms with Crippen molar-refractivity contribution in [1.82, 2.24) is 9.99 Å². The lowest BCUT2D eigenvalue weighted by atomic mass is 10.2. The van der Waals surface area contributed by atoms with Crippen LogP contribution in [0.15, 0.2) is 59.8 Å². The molecule has 0 spiro atoms. The fraction of sp³-hybridized carbons (Fsp3) is 0.211. The van der Waals surface area contributed by atoms with E-state index >= 15 is 0 Å². The molecule has 4 heteroatoms. The molecule has 118 valence electrons. The van der Waals surface area contributed by atoms with Crippen molar-refractivity contribution in [2.45, 2.75) is 26.4 Å². The third-order valence-corrected chi connectivity index (χ3v) is 4.07. The second-order valence-electron chi connectivity index (χ2n) is 5.82. The Kier molecular flexibility index (Phi) is 4.68. The average Bonchev–Trinajstić information content (AvgIpc) is 2.92. The zero-order valence-electron chi connectivity index (χ0n) is 13.3. The van der Waals surface area contributed by atoms with Gasteiger partial charge in [-0.25, -0.2) is 0 Å². The molecule has 0 radical (unpaired) electrons. The number of hydrogen-bond acceptors (Lipinski definition) is 2. The lowest BCUT2D eigenvalue weighted by Gasteiger charge is -2.08. The molecule has 23 heavy (non-hydrogen) atoms. The van der Waals surface area contributed by atoms with Crippen LogP contribution in [-0.4, -0.2) is 10.8 Å². The van der Waals surface area contributed by atoms with Gasteiger partial charge in [0.15, 0.2) is 0 Å². The Morgan fingerprint density at radius 2 is 1.87 bits per heavy atom. The summed E-state index contributed by atoms with van der Waals surface area (Å²) in [6.07, 6.45) is 4.04. The number of fused-ring (bicyclic) bond motifs is 1. The van der Waals surface area contributed by atoms with Crippen molar-refractivity contribution in [2.75, 3.05) is 0 Å². The first-order chi connectivity index (χ1) is 11.1. The molecular formula is C19H20ClN3. The molecule has 0 saturated heterocycles. The first kappa shape index (κ1) is 15.6. The number of benzene rings is 2. The molecule has 3 rings (SSSR count). The highest BCUT2D eigenvalue weighted by molar-refractivity contribution is 6.30. The molecule has 1 N–H and O–H groups in total.